The first-order chi connectivity index (χ1) is 13.3. The average Bonchev–Trinajstić information content (AvgIpc) is 2.64. The first kappa shape index (κ1) is 21.1. The minimum Gasteiger partial charge on any atom is -0.456 e. The van der Waals surface area contributed by atoms with E-state index in [1.807, 2.05) is 13.8 Å². The van der Waals surface area contributed by atoms with Crippen molar-refractivity contribution in [3.8, 4) is 0 Å². The third-order valence-electron chi connectivity index (χ3n) is 3.72. The Labute approximate surface area is 161 Å². The monoisotopic (exact) mass is 388 g/mol. The van der Waals surface area contributed by atoms with Crippen LogP contribution in [-0.2, 0) is 25.5 Å². The molecule has 1 aromatic carbocycles. The van der Waals surface area contributed by atoms with Crippen molar-refractivity contribution in [1.82, 2.24) is 20.6 Å². The molecule has 0 saturated carbocycles. The molecule has 0 radical (unpaired) electrons. The van der Waals surface area contributed by atoms with Crippen LogP contribution >= 0.6 is 0 Å². The van der Waals surface area contributed by atoms with Crippen molar-refractivity contribution in [3.05, 3.63) is 40.4 Å². The van der Waals surface area contributed by atoms with E-state index in [1.165, 1.54) is 0 Å². The number of rotatable bonds is 9. The van der Waals surface area contributed by atoms with Gasteiger partial charge in [-0.25, -0.2) is 4.98 Å². The SMILES string of the molecule is CC(C)NC(=O)CNC(=O)COC(=O)CCCc1nc2ccccc2c(=O)[nH]1. The van der Waals surface area contributed by atoms with Gasteiger partial charge in [-0.15, -0.1) is 0 Å². The summed E-state index contributed by atoms with van der Waals surface area (Å²) in [4.78, 5) is 53.8. The summed E-state index contributed by atoms with van der Waals surface area (Å²) in [6.07, 6.45) is 0.896. The highest BCUT2D eigenvalue weighted by Gasteiger charge is 2.10. The van der Waals surface area contributed by atoms with E-state index in [9.17, 15) is 19.2 Å². The number of aromatic nitrogens is 2. The van der Waals surface area contributed by atoms with Gasteiger partial charge in [-0.1, -0.05) is 12.1 Å². The fourth-order valence-electron chi connectivity index (χ4n) is 2.47. The Morgan fingerprint density at radius 1 is 1.18 bits per heavy atom. The van der Waals surface area contributed by atoms with Crippen LogP contribution in [0.25, 0.3) is 10.9 Å². The zero-order chi connectivity index (χ0) is 20.5. The van der Waals surface area contributed by atoms with Crippen molar-refractivity contribution in [1.29, 1.82) is 0 Å². The maximum atomic E-state index is 12.0. The van der Waals surface area contributed by atoms with E-state index in [2.05, 4.69) is 20.6 Å². The van der Waals surface area contributed by atoms with E-state index in [-0.39, 0.29) is 30.5 Å². The Bertz CT molecular complexity index is 907. The number of H-pyrrole nitrogens is 1. The van der Waals surface area contributed by atoms with Gasteiger partial charge in [0.1, 0.15) is 5.82 Å². The van der Waals surface area contributed by atoms with E-state index in [0.29, 0.717) is 29.6 Å². The van der Waals surface area contributed by atoms with Gasteiger partial charge in [0.05, 0.1) is 17.4 Å². The quantitative estimate of drug-likeness (QED) is 0.534. The molecule has 1 aromatic heterocycles. The maximum Gasteiger partial charge on any atom is 0.306 e. The molecule has 0 aliphatic heterocycles. The van der Waals surface area contributed by atoms with Crippen molar-refractivity contribution < 1.29 is 19.1 Å². The molecule has 0 aliphatic rings. The molecule has 150 valence electrons. The molecule has 9 nitrogen and oxygen atoms in total. The third-order valence-corrected chi connectivity index (χ3v) is 3.72. The molecule has 0 fully saturated rings. The van der Waals surface area contributed by atoms with Crippen LogP contribution in [0.5, 0.6) is 0 Å². The number of carbonyl (C=O) groups excluding carboxylic acids is 3. The summed E-state index contributed by atoms with van der Waals surface area (Å²) in [6.45, 7) is 3.00. The lowest BCUT2D eigenvalue weighted by Crippen LogP contribution is -2.41. The van der Waals surface area contributed by atoms with Gasteiger partial charge in [0.25, 0.3) is 11.5 Å². The molecule has 0 saturated heterocycles. The molecular weight excluding hydrogens is 364 g/mol. The van der Waals surface area contributed by atoms with Crippen molar-refractivity contribution in [2.24, 2.45) is 0 Å². The van der Waals surface area contributed by atoms with Crippen LogP contribution in [0, 0.1) is 0 Å². The van der Waals surface area contributed by atoms with Crippen LogP contribution in [0.15, 0.2) is 29.1 Å². The standard InChI is InChI=1S/C19H24N4O5/c1-12(2)21-16(24)10-20-17(25)11-28-18(26)9-5-8-15-22-14-7-4-3-6-13(14)19(27)23-15/h3-4,6-7,12H,5,8-11H2,1-2H3,(H,20,25)(H,21,24)(H,22,23,27). The summed E-state index contributed by atoms with van der Waals surface area (Å²) in [5.41, 5.74) is 0.378. The highest BCUT2D eigenvalue weighted by atomic mass is 16.5. The molecule has 2 amide bonds. The molecule has 9 heteroatoms. The van der Waals surface area contributed by atoms with E-state index < -0.39 is 18.5 Å². The van der Waals surface area contributed by atoms with Crippen molar-refractivity contribution in [3.63, 3.8) is 0 Å². The van der Waals surface area contributed by atoms with Crippen LogP contribution < -0.4 is 16.2 Å². The summed E-state index contributed by atoms with van der Waals surface area (Å²) >= 11 is 0. The largest absolute Gasteiger partial charge is 0.456 e. The number of ether oxygens (including phenoxy) is 1. The highest BCUT2D eigenvalue weighted by molar-refractivity contribution is 5.86. The van der Waals surface area contributed by atoms with Crippen LogP contribution in [0.3, 0.4) is 0 Å². The Balaban J connectivity index is 1.69. The van der Waals surface area contributed by atoms with Crippen LogP contribution in [-0.4, -0.2) is 46.9 Å². The molecule has 1 heterocycles. The van der Waals surface area contributed by atoms with Crippen LogP contribution in [0.2, 0.25) is 0 Å². The zero-order valence-corrected chi connectivity index (χ0v) is 15.9. The topological polar surface area (TPSA) is 130 Å². The second kappa shape index (κ2) is 10.2. The van der Waals surface area contributed by atoms with Gasteiger partial charge in [-0.05, 0) is 32.4 Å². The molecule has 2 aromatic rings. The van der Waals surface area contributed by atoms with Crippen molar-refractivity contribution >= 4 is 28.7 Å². The summed E-state index contributed by atoms with van der Waals surface area (Å²) in [7, 11) is 0. The van der Waals surface area contributed by atoms with Crippen molar-refractivity contribution in [2.75, 3.05) is 13.2 Å². The second-order valence-electron chi connectivity index (χ2n) is 6.54. The number of carbonyl (C=O) groups is 3. The number of amides is 2. The summed E-state index contributed by atoms with van der Waals surface area (Å²) < 4.78 is 4.87. The Kier molecular flexibility index (Phi) is 7.67. The molecule has 0 spiro atoms. The van der Waals surface area contributed by atoms with Gasteiger partial charge in [0.15, 0.2) is 6.61 Å². The highest BCUT2D eigenvalue weighted by Crippen LogP contribution is 2.07. The minimum absolute atomic E-state index is 0.0192. The summed E-state index contributed by atoms with van der Waals surface area (Å²) in [5, 5.41) is 5.51. The fraction of sp³-hybridized carbons (Fsp3) is 0.421. The smallest absolute Gasteiger partial charge is 0.306 e. The molecule has 0 atom stereocenters. The number of hydrogen-bond acceptors (Lipinski definition) is 6. The Morgan fingerprint density at radius 3 is 2.68 bits per heavy atom. The summed E-state index contributed by atoms with van der Waals surface area (Å²) in [6, 6.07) is 6.99. The van der Waals surface area contributed by atoms with Gasteiger partial charge in [0, 0.05) is 18.9 Å². The third kappa shape index (κ3) is 6.82. The number of para-hydroxylation sites is 1. The predicted molar refractivity (Wildman–Crippen MR) is 103 cm³/mol. The van der Waals surface area contributed by atoms with Crippen LogP contribution in [0.4, 0.5) is 0 Å². The first-order valence-electron chi connectivity index (χ1n) is 9.05. The lowest BCUT2D eigenvalue weighted by Gasteiger charge is -2.09. The Hall–Kier alpha value is -3.23. The number of fused-ring (bicyclic) bond motifs is 1. The second-order valence-corrected chi connectivity index (χ2v) is 6.54. The lowest BCUT2D eigenvalue weighted by molar-refractivity contribution is -0.148. The molecule has 0 bridgehead atoms. The van der Waals surface area contributed by atoms with E-state index in [0.717, 1.165) is 0 Å². The van der Waals surface area contributed by atoms with E-state index in [1.54, 1.807) is 24.3 Å². The number of aromatic amines is 1. The predicted octanol–water partition coefficient (Wildman–Crippen LogP) is 0.430. The average molecular weight is 388 g/mol. The van der Waals surface area contributed by atoms with Gasteiger partial charge in [0.2, 0.25) is 5.91 Å². The van der Waals surface area contributed by atoms with Gasteiger partial charge >= 0.3 is 5.97 Å². The lowest BCUT2D eigenvalue weighted by atomic mass is 10.2. The molecule has 28 heavy (non-hydrogen) atoms. The molecule has 2 rings (SSSR count). The molecular formula is C19H24N4O5. The first-order valence-corrected chi connectivity index (χ1v) is 9.05. The van der Waals surface area contributed by atoms with Gasteiger partial charge in [-0.2, -0.15) is 0 Å². The maximum absolute atomic E-state index is 12.0. The fourth-order valence-corrected chi connectivity index (χ4v) is 2.47. The minimum atomic E-state index is -0.548. The normalized spacial score (nSPS) is 10.7. The molecule has 3 N–H and O–H groups in total. The van der Waals surface area contributed by atoms with Crippen LogP contribution in [0.1, 0.15) is 32.5 Å². The number of nitrogens with one attached hydrogen (secondary N) is 3. The number of aryl methyl sites for hydroxylation is 1. The number of benzene rings is 1. The van der Waals surface area contributed by atoms with E-state index >= 15 is 0 Å². The molecule has 0 unspecified atom stereocenters. The van der Waals surface area contributed by atoms with Crippen molar-refractivity contribution in [2.45, 2.75) is 39.2 Å². The number of hydrogen-bond donors (Lipinski definition) is 3. The Morgan fingerprint density at radius 2 is 1.93 bits per heavy atom. The zero-order valence-electron chi connectivity index (χ0n) is 15.9. The van der Waals surface area contributed by atoms with Gasteiger partial charge in [-0.3, -0.25) is 19.2 Å². The number of nitrogens with zero attached hydrogens (tertiary/aromatic N) is 1. The van der Waals surface area contributed by atoms with Gasteiger partial charge < -0.3 is 20.4 Å². The summed E-state index contributed by atoms with van der Waals surface area (Å²) in [5.74, 6) is -0.908. The van der Waals surface area contributed by atoms with E-state index in [4.69, 9.17) is 4.74 Å². The molecule has 0 aliphatic carbocycles. The number of esters is 1.